The van der Waals surface area contributed by atoms with E-state index in [1.54, 1.807) is 23.5 Å². The third-order valence-corrected chi connectivity index (χ3v) is 15.3. The zero-order valence-corrected chi connectivity index (χ0v) is 38.1. The Labute approximate surface area is 366 Å². The summed E-state index contributed by atoms with van der Waals surface area (Å²) >= 11 is 3.26. The van der Waals surface area contributed by atoms with Gasteiger partial charge in [0.1, 0.15) is 21.7 Å². The van der Waals surface area contributed by atoms with E-state index in [1.807, 2.05) is 38.1 Å². The van der Waals surface area contributed by atoms with Gasteiger partial charge in [-0.05, 0) is 119 Å². The molecule has 1 aliphatic heterocycles. The molecule has 2 aromatic rings. The van der Waals surface area contributed by atoms with Crippen LogP contribution in [0.4, 0.5) is 11.6 Å². The molecule has 3 aliphatic carbocycles. The molecule has 4 aliphatic rings. The summed E-state index contributed by atoms with van der Waals surface area (Å²) in [5.74, 6) is 1.91. The normalized spacial score (nSPS) is 21.1. The molecule has 0 unspecified atom stereocenters. The number of rotatable bonds is 16. The lowest BCUT2D eigenvalue weighted by atomic mass is 9.70. The number of nitrogens with zero attached hydrogens (tertiary/aromatic N) is 3. The Morgan fingerprint density at radius 3 is 1.67 bits per heavy atom. The topological polar surface area (TPSA) is 174 Å². The number of thioether (sulfide) groups is 2. The first-order valence-electron chi connectivity index (χ1n) is 22.8. The predicted octanol–water partition coefficient (Wildman–Crippen LogP) is 9.67. The number of carboxylic acid groups (broad SMARTS) is 2. The van der Waals surface area contributed by atoms with Crippen LogP contribution in [0, 0.1) is 17.3 Å². The SMILES string of the molecule is CCCSc1nc(N2CCC(C(=O)O)(C(C)C)CC2)ccc1C(=O)NC1CCCCC1.CCCSc1nc(NC2CCC(C(=O)O)CC2)ccc1C(=O)NC1CCCCC1. The molecule has 0 spiro atoms. The first-order chi connectivity index (χ1) is 28.9. The van der Waals surface area contributed by atoms with Crippen LogP contribution in [0.5, 0.6) is 0 Å². The molecule has 2 amide bonds. The Bertz CT molecular complexity index is 1720. The number of piperidine rings is 1. The average molecular weight is 867 g/mol. The number of anilines is 2. The standard InChI is InChI=1S/C24H37N3O3S.C22H33N3O3S/c1-4-16-31-22-19(21(28)25-18-8-6-5-7-9-18)10-11-20(26-22)27-14-12-24(13-15-27,17(2)3)23(29)30;1-2-14-29-21-18(20(26)24-16-6-4-3-5-7-16)12-13-19(25-21)23-17-10-8-15(9-11-17)22(27)28/h10-11,17-18H,4-9,12-16H2,1-3H3,(H,25,28)(H,29,30);12-13,15-17H,2-11,14H2,1H3,(H,23,25)(H,24,26)(H,27,28). The molecule has 3 heterocycles. The Kier molecular flexibility index (Phi) is 18.7. The minimum Gasteiger partial charge on any atom is -0.481 e. The van der Waals surface area contributed by atoms with Gasteiger partial charge in [-0.25, -0.2) is 9.97 Å². The molecule has 5 N–H and O–H groups in total. The van der Waals surface area contributed by atoms with Crippen LogP contribution in [0.15, 0.2) is 34.3 Å². The van der Waals surface area contributed by atoms with E-state index in [0.717, 1.165) is 84.6 Å². The number of amides is 2. The Morgan fingerprint density at radius 2 is 1.20 bits per heavy atom. The molecule has 332 valence electrons. The molecule has 2 aromatic heterocycles. The molecular formula is C46H70N6O6S2. The Morgan fingerprint density at radius 1 is 0.700 bits per heavy atom. The van der Waals surface area contributed by atoms with Gasteiger partial charge in [0.05, 0.1) is 22.5 Å². The number of hydrogen-bond donors (Lipinski definition) is 5. The fourth-order valence-corrected chi connectivity index (χ4v) is 10.7. The fraction of sp³-hybridized carbons (Fsp3) is 0.696. The maximum absolute atomic E-state index is 13.0. The largest absolute Gasteiger partial charge is 0.481 e. The summed E-state index contributed by atoms with van der Waals surface area (Å²) in [6.07, 6.45) is 17.8. The van der Waals surface area contributed by atoms with E-state index in [-0.39, 0.29) is 41.8 Å². The van der Waals surface area contributed by atoms with Crippen molar-refractivity contribution < 1.29 is 29.4 Å². The van der Waals surface area contributed by atoms with Gasteiger partial charge in [-0.1, -0.05) is 66.2 Å². The fourth-order valence-electron chi connectivity index (χ4n) is 8.98. The summed E-state index contributed by atoms with van der Waals surface area (Å²) in [6, 6.07) is 8.39. The van der Waals surface area contributed by atoms with Crippen LogP contribution in [-0.4, -0.2) is 86.7 Å². The van der Waals surface area contributed by atoms with Gasteiger partial charge in [0.15, 0.2) is 0 Å². The summed E-state index contributed by atoms with van der Waals surface area (Å²) < 4.78 is 0. The van der Waals surface area contributed by atoms with E-state index >= 15 is 0 Å². The number of aromatic nitrogens is 2. The van der Waals surface area contributed by atoms with E-state index in [2.05, 4.69) is 34.7 Å². The number of carbonyl (C=O) groups excluding carboxylic acids is 2. The van der Waals surface area contributed by atoms with Crippen molar-refractivity contribution in [2.45, 2.75) is 171 Å². The van der Waals surface area contributed by atoms with Crippen molar-refractivity contribution in [1.29, 1.82) is 0 Å². The zero-order valence-electron chi connectivity index (χ0n) is 36.4. The van der Waals surface area contributed by atoms with Crippen molar-refractivity contribution in [2.75, 3.05) is 34.8 Å². The van der Waals surface area contributed by atoms with Crippen molar-refractivity contribution in [3.8, 4) is 0 Å². The average Bonchev–Trinajstić information content (AvgIpc) is 3.25. The van der Waals surface area contributed by atoms with E-state index in [4.69, 9.17) is 15.1 Å². The summed E-state index contributed by atoms with van der Waals surface area (Å²) in [5, 5.41) is 30.4. The smallest absolute Gasteiger partial charge is 0.310 e. The van der Waals surface area contributed by atoms with Gasteiger partial charge in [0, 0.05) is 31.2 Å². The molecule has 1 saturated heterocycles. The van der Waals surface area contributed by atoms with Crippen LogP contribution in [-0.2, 0) is 9.59 Å². The summed E-state index contributed by atoms with van der Waals surface area (Å²) in [4.78, 5) is 60.7. The van der Waals surface area contributed by atoms with Crippen molar-refractivity contribution >= 4 is 58.9 Å². The third-order valence-electron chi connectivity index (χ3n) is 12.9. The first-order valence-corrected chi connectivity index (χ1v) is 24.8. The molecule has 14 heteroatoms. The van der Waals surface area contributed by atoms with Crippen LogP contribution in [0.25, 0.3) is 0 Å². The highest BCUT2D eigenvalue weighted by Crippen LogP contribution is 2.40. The summed E-state index contributed by atoms with van der Waals surface area (Å²) in [6.45, 7) is 9.59. The highest BCUT2D eigenvalue weighted by Gasteiger charge is 2.44. The third kappa shape index (κ3) is 13.2. The molecule has 0 atom stereocenters. The number of hydrogen-bond acceptors (Lipinski definition) is 10. The predicted molar refractivity (Wildman–Crippen MR) is 243 cm³/mol. The lowest BCUT2D eigenvalue weighted by Crippen LogP contribution is -2.47. The maximum atomic E-state index is 13.0. The quantitative estimate of drug-likeness (QED) is 0.101. The van der Waals surface area contributed by atoms with E-state index in [1.165, 1.54) is 38.5 Å². The number of nitrogens with one attached hydrogen (secondary N) is 3. The minimum absolute atomic E-state index is 0.0171. The molecule has 12 nitrogen and oxygen atoms in total. The molecular weight excluding hydrogens is 797 g/mol. The minimum atomic E-state index is -0.691. The van der Waals surface area contributed by atoms with Crippen LogP contribution in [0.2, 0.25) is 0 Å². The Balaban J connectivity index is 0.000000228. The van der Waals surface area contributed by atoms with Gasteiger partial charge in [-0.15, -0.1) is 23.5 Å². The second-order valence-corrected chi connectivity index (χ2v) is 19.7. The van der Waals surface area contributed by atoms with Crippen LogP contribution < -0.4 is 20.9 Å². The first kappa shape index (κ1) is 47.5. The summed E-state index contributed by atoms with van der Waals surface area (Å²) in [7, 11) is 0. The van der Waals surface area contributed by atoms with E-state index in [9.17, 15) is 24.3 Å². The van der Waals surface area contributed by atoms with Crippen molar-refractivity contribution in [3.05, 3.63) is 35.4 Å². The van der Waals surface area contributed by atoms with Crippen molar-refractivity contribution in [2.24, 2.45) is 17.3 Å². The highest BCUT2D eigenvalue weighted by molar-refractivity contribution is 7.99. The number of carboxylic acids is 2. The Hall–Kier alpha value is -3.52. The van der Waals surface area contributed by atoms with Crippen molar-refractivity contribution in [3.63, 3.8) is 0 Å². The summed E-state index contributed by atoms with van der Waals surface area (Å²) in [5.41, 5.74) is 0.664. The van der Waals surface area contributed by atoms with Crippen LogP contribution in [0.3, 0.4) is 0 Å². The molecule has 6 rings (SSSR count). The van der Waals surface area contributed by atoms with Gasteiger partial charge >= 0.3 is 11.9 Å². The molecule has 60 heavy (non-hydrogen) atoms. The van der Waals surface area contributed by atoms with Crippen LogP contribution >= 0.6 is 23.5 Å². The molecule has 0 radical (unpaired) electrons. The van der Waals surface area contributed by atoms with Gasteiger partial charge in [0.2, 0.25) is 0 Å². The number of pyridine rings is 2. The monoisotopic (exact) mass is 866 g/mol. The second-order valence-electron chi connectivity index (χ2n) is 17.5. The van der Waals surface area contributed by atoms with Crippen LogP contribution in [0.1, 0.15) is 164 Å². The second kappa shape index (κ2) is 23.6. The van der Waals surface area contributed by atoms with Gasteiger partial charge in [-0.3, -0.25) is 19.2 Å². The highest BCUT2D eigenvalue weighted by atomic mass is 32.2. The maximum Gasteiger partial charge on any atom is 0.310 e. The van der Waals surface area contributed by atoms with E-state index in [0.29, 0.717) is 49.9 Å². The molecule has 4 fully saturated rings. The lowest BCUT2D eigenvalue weighted by molar-refractivity contribution is -0.153. The van der Waals surface area contributed by atoms with Gasteiger partial charge < -0.3 is 31.1 Å². The molecule has 0 bridgehead atoms. The van der Waals surface area contributed by atoms with E-state index < -0.39 is 17.4 Å². The van der Waals surface area contributed by atoms with Crippen molar-refractivity contribution in [1.82, 2.24) is 20.6 Å². The molecule has 0 aromatic carbocycles. The van der Waals surface area contributed by atoms with Gasteiger partial charge in [0.25, 0.3) is 11.8 Å². The number of carbonyl (C=O) groups is 4. The zero-order chi connectivity index (χ0) is 43.1. The number of aliphatic carboxylic acids is 2. The lowest BCUT2D eigenvalue weighted by Gasteiger charge is -2.42. The molecule has 3 saturated carbocycles. The van der Waals surface area contributed by atoms with Gasteiger partial charge in [-0.2, -0.15) is 0 Å².